The Morgan fingerprint density at radius 3 is 2.02 bits per heavy atom. The number of carbonyl (C=O) groups excluding carboxylic acids is 1. The minimum absolute atomic E-state index is 0.0307. The average molecular weight is 583 g/mol. The van der Waals surface area contributed by atoms with Gasteiger partial charge in [-0.2, -0.15) is 0 Å². The van der Waals surface area contributed by atoms with E-state index in [2.05, 4.69) is 21.9 Å². The van der Waals surface area contributed by atoms with Crippen LogP contribution in [0.1, 0.15) is 36.8 Å². The Labute approximate surface area is 246 Å². The predicted octanol–water partition coefficient (Wildman–Crippen LogP) is 6.24. The molecule has 1 saturated heterocycles. The van der Waals surface area contributed by atoms with Crippen LogP contribution in [0.2, 0.25) is 0 Å². The van der Waals surface area contributed by atoms with E-state index >= 15 is 0 Å². The molecule has 1 unspecified atom stereocenters. The van der Waals surface area contributed by atoms with Crippen molar-refractivity contribution >= 4 is 17.7 Å². The summed E-state index contributed by atoms with van der Waals surface area (Å²) in [6.45, 7) is 7.67. The minimum Gasteiger partial charge on any atom is -0.464 e. The molecule has 41 heavy (non-hydrogen) atoms. The lowest BCUT2D eigenvalue weighted by atomic mass is 9.87. The number of esters is 1. The second kappa shape index (κ2) is 16.6. The van der Waals surface area contributed by atoms with Crippen LogP contribution >= 0.6 is 11.8 Å². The van der Waals surface area contributed by atoms with Gasteiger partial charge < -0.3 is 14.4 Å². The first-order valence-electron chi connectivity index (χ1n) is 14.4. The number of thioether (sulfide) groups is 1. The van der Waals surface area contributed by atoms with E-state index in [1.807, 2.05) is 42.5 Å². The van der Waals surface area contributed by atoms with E-state index in [-0.39, 0.29) is 36.2 Å². The number of nitrogens with zero attached hydrogens (tertiary/aromatic N) is 2. The Morgan fingerprint density at radius 2 is 1.44 bits per heavy atom. The van der Waals surface area contributed by atoms with E-state index in [1.54, 1.807) is 18.7 Å². The minimum atomic E-state index is -0.327. The van der Waals surface area contributed by atoms with Crippen molar-refractivity contribution in [3.63, 3.8) is 0 Å². The van der Waals surface area contributed by atoms with Crippen molar-refractivity contribution in [1.29, 1.82) is 0 Å². The summed E-state index contributed by atoms with van der Waals surface area (Å²) in [6, 6.07) is 23.5. The first-order chi connectivity index (χ1) is 20.0. The van der Waals surface area contributed by atoms with Gasteiger partial charge in [0.05, 0.1) is 12.7 Å². The third-order valence-electron chi connectivity index (χ3n) is 7.36. The summed E-state index contributed by atoms with van der Waals surface area (Å²) in [6.07, 6.45) is 1.81. The number of rotatable bonds is 15. The van der Waals surface area contributed by atoms with Crippen LogP contribution in [0.25, 0.3) is 0 Å². The van der Waals surface area contributed by atoms with Crippen LogP contribution < -0.4 is 0 Å². The highest BCUT2D eigenvalue weighted by molar-refractivity contribution is 7.99. The summed E-state index contributed by atoms with van der Waals surface area (Å²) in [5, 5.41) is 0. The first-order valence-corrected chi connectivity index (χ1v) is 15.4. The molecule has 5 nitrogen and oxygen atoms in total. The molecule has 0 bridgehead atoms. The molecule has 1 aliphatic heterocycles. The van der Waals surface area contributed by atoms with Gasteiger partial charge in [-0.15, -0.1) is 11.8 Å². The van der Waals surface area contributed by atoms with Gasteiger partial charge in [0.15, 0.2) is 0 Å². The second-order valence-corrected chi connectivity index (χ2v) is 11.4. The molecule has 1 aliphatic rings. The maximum atomic E-state index is 13.6. The lowest BCUT2D eigenvalue weighted by Gasteiger charge is -2.36. The quantitative estimate of drug-likeness (QED) is 0.156. The van der Waals surface area contributed by atoms with Gasteiger partial charge in [-0.05, 0) is 73.8 Å². The lowest BCUT2D eigenvalue weighted by Crippen LogP contribution is -2.49. The van der Waals surface area contributed by atoms with Gasteiger partial charge in [0.1, 0.15) is 18.2 Å². The molecule has 220 valence electrons. The van der Waals surface area contributed by atoms with E-state index in [4.69, 9.17) is 9.47 Å². The van der Waals surface area contributed by atoms with Crippen LogP contribution in [0.3, 0.4) is 0 Å². The zero-order valence-electron chi connectivity index (χ0n) is 23.7. The largest absolute Gasteiger partial charge is 0.464 e. The van der Waals surface area contributed by atoms with Crippen LogP contribution in [0.15, 0.2) is 83.8 Å². The fourth-order valence-electron chi connectivity index (χ4n) is 5.17. The Kier molecular flexibility index (Phi) is 12.6. The van der Waals surface area contributed by atoms with Crippen LogP contribution in [-0.4, -0.2) is 80.1 Å². The van der Waals surface area contributed by atoms with E-state index < -0.39 is 0 Å². The third kappa shape index (κ3) is 10.5. The normalized spacial score (nSPS) is 15.2. The van der Waals surface area contributed by atoms with Crippen molar-refractivity contribution in [3.05, 3.63) is 102 Å². The Morgan fingerprint density at radius 1 is 0.854 bits per heavy atom. The van der Waals surface area contributed by atoms with Crippen molar-refractivity contribution in [2.45, 2.75) is 36.7 Å². The zero-order chi connectivity index (χ0) is 28.9. The number of halogens is 2. The predicted molar refractivity (Wildman–Crippen MR) is 160 cm³/mol. The average Bonchev–Trinajstić information content (AvgIpc) is 2.99. The molecule has 4 rings (SSSR count). The molecule has 0 radical (unpaired) electrons. The highest BCUT2D eigenvalue weighted by Crippen LogP contribution is 2.30. The monoisotopic (exact) mass is 582 g/mol. The highest BCUT2D eigenvalue weighted by atomic mass is 32.2. The molecule has 1 atom stereocenters. The van der Waals surface area contributed by atoms with Crippen molar-refractivity contribution in [3.8, 4) is 0 Å². The highest BCUT2D eigenvalue weighted by Gasteiger charge is 2.22. The number of benzene rings is 3. The number of piperazine rings is 1. The van der Waals surface area contributed by atoms with E-state index in [1.165, 1.54) is 29.2 Å². The van der Waals surface area contributed by atoms with E-state index in [0.717, 1.165) is 69.0 Å². The SMILES string of the molecule is CCOC(=O)COC(CSc1ccccc1)CN1CCN(CCCC(c2ccc(F)cc2)c2ccc(F)cc2)CC1. The molecular weight excluding hydrogens is 542 g/mol. The van der Waals surface area contributed by atoms with Crippen LogP contribution in [0.5, 0.6) is 0 Å². The summed E-state index contributed by atoms with van der Waals surface area (Å²) in [7, 11) is 0. The van der Waals surface area contributed by atoms with Crippen LogP contribution in [0.4, 0.5) is 8.78 Å². The number of hydrogen-bond donors (Lipinski definition) is 0. The molecule has 0 aromatic heterocycles. The summed E-state index contributed by atoms with van der Waals surface area (Å²) in [5.74, 6) is 0.0227. The second-order valence-electron chi connectivity index (χ2n) is 10.3. The molecule has 0 saturated carbocycles. The molecule has 0 N–H and O–H groups in total. The van der Waals surface area contributed by atoms with Crippen molar-refractivity contribution < 1.29 is 23.0 Å². The van der Waals surface area contributed by atoms with Crippen molar-refractivity contribution in [2.24, 2.45) is 0 Å². The van der Waals surface area contributed by atoms with Gasteiger partial charge in [-0.25, -0.2) is 13.6 Å². The molecule has 0 aliphatic carbocycles. The molecule has 0 amide bonds. The van der Waals surface area contributed by atoms with Crippen molar-refractivity contribution in [2.75, 3.05) is 58.2 Å². The summed E-state index contributed by atoms with van der Waals surface area (Å²) < 4.78 is 38.2. The first kappa shape index (κ1) is 31.2. The standard InChI is InChI=1S/C33H40F2N2O3S/c1-2-39-33(38)24-40-30(25-41-31-7-4-3-5-8-31)23-37-21-19-36(20-22-37)18-6-9-32(26-10-14-28(34)15-11-26)27-12-16-29(35)17-13-27/h3-5,7-8,10-17,30,32H,2,6,9,18-25H2,1H3. The number of ether oxygens (including phenoxy) is 2. The Bertz CT molecular complexity index is 1130. The Hall–Kier alpha value is -2.78. The van der Waals surface area contributed by atoms with Gasteiger partial charge in [0.2, 0.25) is 0 Å². The number of carbonyl (C=O) groups is 1. The summed E-state index contributed by atoms with van der Waals surface area (Å²) in [4.78, 5) is 18.0. The fraction of sp³-hybridized carbons (Fsp3) is 0.424. The van der Waals surface area contributed by atoms with Gasteiger partial charge >= 0.3 is 5.97 Å². The topological polar surface area (TPSA) is 42.0 Å². The summed E-state index contributed by atoms with van der Waals surface area (Å²) in [5.41, 5.74) is 2.09. The van der Waals surface area contributed by atoms with Gasteiger partial charge in [0.25, 0.3) is 0 Å². The van der Waals surface area contributed by atoms with Gasteiger partial charge in [-0.1, -0.05) is 42.5 Å². The molecule has 0 spiro atoms. The lowest BCUT2D eigenvalue weighted by molar-refractivity contribution is -0.150. The smallest absolute Gasteiger partial charge is 0.332 e. The molecule has 3 aromatic carbocycles. The molecule has 1 heterocycles. The molecular formula is C33H40F2N2O3S. The van der Waals surface area contributed by atoms with Crippen molar-refractivity contribution in [1.82, 2.24) is 9.80 Å². The number of hydrogen-bond acceptors (Lipinski definition) is 6. The van der Waals surface area contributed by atoms with Crippen LogP contribution in [0, 0.1) is 11.6 Å². The summed E-state index contributed by atoms with van der Waals surface area (Å²) >= 11 is 1.74. The maximum absolute atomic E-state index is 13.6. The zero-order valence-corrected chi connectivity index (χ0v) is 24.5. The van der Waals surface area contributed by atoms with Gasteiger partial charge in [-0.3, -0.25) is 4.90 Å². The Balaban J connectivity index is 1.25. The fourth-order valence-corrected chi connectivity index (χ4v) is 6.10. The van der Waals surface area contributed by atoms with Gasteiger partial charge in [0, 0.05) is 49.3 Å². The van der Waals surface area contributed by atoms with E-state index in [9.17, 15) is 13.6 Å². The molecule has 3 aromatic rings. The molecule has 1 fully saturated rings. The van der Waals surface area contributed by atoms with Crippen LogP contribution in [-0.2, 0) is 14.3 Å². The molecule has 8 heteroatoms. The van der Waals surface area contributed by atoms with E-state index in [0.29, 0.717) is 6.61 Å². The third-order valence-corrected chi connectivity index (χ3v) is 8.50. The maximum Gasteiger partial charge on any atom is 0.332 e.